The minimum absolute atomic E-state index is 0.339. The molecule has 0 spiro atoms. The minimum atomic E-state index is -2.51. The molecule has 0 unspecified atom stereocenters. The highest BCUT2D eigenvalue weighted by atomic mass is 19.3. The van der Waals surface area contributed by atoms with Gasteiger partial charge >= 0.3 is 0 Å². The van der Waals surface area contributed by atoms with E-state index in [-0.39, 0.29) is 6.73 Å². The Hall–Kier alpha value is -0.800. The molecule has 0 aromatic heterocycles. The van der Waals surface area contributed by atoms with Crippen molar-refractivity contribution in [2.75, 3.05) is 13.3 Å². The Morgan fingerprint density at radius 3 is 2.78 bits per heavy atom. The second-order valence-corrected chi connectivity index (χ2v) is 1.14. The first kappa shape index (κ1) is 8.20. The molecule has 5 heteroatoms. The molecule has 0 aromatic rings. The number of hydrogen-bond donors (Lipinski definition) is 0. The fourth-order valence-corrected chi connectivity index (χ4v) is 0.214. The van der Waals surface area contributed by atoms with Crippen molar-refractivity contribution < 1.29 is 18.3 Å². The van der Waals surface area contributed by atoms with Crippen LogP contribution in [0.4, 0.5) is 8.78 Å². The van der Waals surface area contributed by atoms with Crippen molar-refractivity contribution in [3.05, 3.63) is 0 Å². The third kappa shape index (κ3) is 7.20. The lowest BCUT2D eigenvalue weighted by Gasteiger charge is -1.95. The van der Waals surface area contributed by atoms with Gasteiger partial charge in [-0.3, -0.25) is 0 Å². The summed E-state index contributed by atoms with van der Waals surface area (Å²) in [6.07, 6.45) is -1.36. The van der Waals surface area contributed by atoms with Crippen molar-refractivity contribution in [2.24, 2.45) is 4.99 Å². The Morgan fingerprint density at radius 2 is 2.33 bits per heavy atom. The third-order valence-electron chi connectivity index (χ3n) is 0.464. The SMILES string of the molecule is O=C=NCOCC(F)F. The van der Waals surface area contributed by atoms with Gasteiger partial charge in [0, 0.05) is 0 Å². The molecule has 0 aromatic carbocycles. The van der Waals surface area contributed by atoms with Crippen LogP contribution < -0.4 is 0 Å². The van der Waals surface area contributed by atoms with Crippen LogP contribution in [-0.4, -0.2) is 25.8 Å². The van der Waals surface area contributed by atoms with Crippen LogP contribution in [0, 0.1) is 0 Å². The fraction of sp³-hybridized carbons (Fsp3) is 0.750. The van der Waals surface area contributed by atoms with Crippen LogP contribution in [0.1, 0.15) is 0 Å². The number of isocyanates is 1. The van der Waals surface area contributed by atoms with Gasteiger partial charge in [-0.1, -0.05) is 0 Å². The highest BCUT2D eigenvalue weighted by Crippen LogP contribution is 1.91. The van der Waals surface area contributed by atoms with E-state index >= 15 is 0 Å². The topological polar surface area (TPSA) is 38.7 Å². The van der Waals surface area contributed by atoms with Crippen molar-refractivity contribution in [3.8, 4) is 0 Å². The predicted molar refractivity (Wildman–Crippen MR) is 24.9 cm³/mol. The first-order valence-corrected chi connectivity index (χ1v) is 2.17. The van der Waals surface area contributed by atoms with Gasteiger partial charge in [-0.25, -0.2) is 13.6 Å². The molecule has 0 fully saturated rings. The van der Waals surface area contributed by atoms with Gasteiger partial charge in [0.2, 0.25) is 6.08 Å². The molecule has 0 saturated heterocycles. The van der Waals surface area contributed by atoms with Crippen molar-refractivity contribution in [2.45, 2.75) is 6.43 Å². The lowest BCUT2D eigenvalue weighted by Crippen LogP contribution is -2.03. The molecule has 3 nitrogen and oxygen atoms in total. The van der Waals surface area contributed by atoms with Crippen LogP contribution in [-0.2, 0) is 9.53 Å². The van der Waals surface area contributed by atoms with Crippen molar-refractivity contribution in [1.82, 2.24) is 0 Å². The zero-order valence-corrected chi connectivity index (χ0v) is 4.51. The van der Waals surface area contributed by atoms with Crippen molar-refractivity contribution in [3.63, 3.8) is 0 Å². The molecule has 0 radical (unpaired) electrons. The average Bonchev–Trinajstić information content (AvgIpc) is 1.80. The number of carbonyl (C=O) groups excluding carboxylic acids is 1. The number of ether oxygens (including phenoxy) is 1. The molecule has 9 heavy (non-hydrogen) atoms. The Balaban J connectivity index is 3.00. The van der Waals surface area contributed by atoms with E-state index in [1.54, 1.807) is 0 Å². The summed E-state index contributed by atoms with van der Waals surface area (Å²) in [6, 6.07) is 0. The number of halogens is 2. The summed E-state index contributed by atoms with van der Waals surface area (Å²) in [4.78, 5) is 12.2. The van der Waals surface area contributed by atoms with E-state index in [0.29, 0.717) is 0 Å². The molecule has 0 atom stereocenters. The summed E-state index contributed by atoms with van der Waals surface area (Å²) in [5, 5.41) is 0. The van der Waals surface area contributed by atoms with Gasteiger partial charge < -0.3 is 4.74 Å². The van der Waals surface area contributed by atoms with Gasteiger partial charge in [0.05, 0.1) is 0 Å². The highest BCUT2D eigenvalue weighted by Gasteiger charge is 1.99. The first-order chi connectivity index (χ1) is 4.27. The van der Waals surface area contributed by atoms with Crippen LogP contribution in [0.2, 0.25) is 0 Å². The molecular weight excluding hydrogens is 132 g/mol. The smallest absolute Gasteiger partial charge is 0.261 e. The lowest BCUT2D eigenvalue weighted by molar-refractivity contribution is 0.0206. The standard InChI is InChI=1S/C4H5F2NO2/c5-4(6)1-9-3-7-2-8/h4H,1,3H2. The quantitative estimate of drug-likeness (QED) is 0.322. The molecule has 0 N–H and O–H groups in total. The van der Waals surface area contributed by atoms with E-state index in [2.05, 4.69) is 9.73 Å². The van der Waals surface area contributed by atoms with Gasteiger partial charge in [0.25, 0.3) is 6.43 Å². The maximum atomic E-state index is 11.2. The Bertz CT molecular complexity index is 111. The largest absolute Gasteiger partial charge is 0.352 e. The molecule has 0 aliphatic heterocycles. The second-order valence-electron chi connectivity index (χ2n) is 1.14. The molecule has 0 rings (SSSR count). The van der Waals surface area contributed by atoms with E-state index in [9.17, 15) is 13.6 Å². The number of rotatable bonds is 4. The third-order valence-corrected chi connectivity index (χ3v) is 0.464. The number of hydrogen-bond acceptors (Lipinski definition) is 3. The van der Waals surface area contributed by atoms with E-state index in [1.807, 2.05) is 0 Å². The van der Waals surface area contributed by atoms with Crippen molar-refractivity contribution in [1.29, 1.82) is 0 Å². The van der Waals surface area contributed by atoms with Gasteiger partial charge in [-0.05, 0) is 0 Å². The zero-order chi connectivity index (χ0) is 7.11. The normalized spacial score (nSPS) is 9.22. The predicted octanol–water partition coefficient (Wildman–Crippen LogP) is 0.561. The molecular formula is C4H5F2NO2. The monoisotopic (exact) mass is 137 g/mol. The van der Waals surface area contributed by atoms with Gasteiger partial charge in [-0.15, -0.1) is 0 Å². The summed E-state index contributed by atoms with van der Waals surface area (Å²) in [5.41, 5.74) is 0. The highest BCUT2D eigenvalue weighted by molar-refractivity contribution is 5.32. The summed E-state index contributed by atoms with van der Waals surface area (Å²) in [5.74, 6) is 0. The molecule has 52 valence electrons. The molecule has 0 aliphatic rings. The number of alkyl halides is 2. The van der Waals surface area contributed by atoms with Crippen molar-refractivity contribution >= 4 is 6.08 Å². The van der Waals surface area contributed by atoms with E-state index < -0.39 is 13.0 Å². The van der Waals surface area contributed by atoms with Crippen LogP contribution in [0.15, 0.2) is 4.99 Å². The van der Waals surface area contributed by atoms with Crippen LogP contribution >= 0.6 is 0 Å². The lowest BCUT2D eigenvalue weighted by atomic mass is 10.8. The zero-order valence-electron chi connectivity index (χ0n) is 4.51. The Labute approximate surface area is 50.3 Å². The molecule has 0 heterocycles. The second kappa shape index (κ2) is 5.34. The molecule has 0 aliphatic carbocycles. The summed E-state index contributed by atoms with van der Waals surface area (Å²) in [7, 11) is 0. The van der Waals surface area contributed by atoms with Gasteiger partial charge in [-0.2, -0.15) is 4.99 Å². The summed E-state index contributed by atoms with van der Waals surface area (Å²) in [6.45, 7) is -1.03. The fourth-order valence-electron chi connectivity index (χ4n) is 0.214. The Kier molecular flexibility index (Phi) is 4.86. The number of aliphatic imine (C=N–C) groups is 1. The van der Waals surface area contributed by atoms with Crippen LogP contribution in [0.3, 0.4) is 0 Å². The van der Waals surface area contributed by atoms with Gasteiger partial charge in [0.15, 0.2) is 0 Å². The molecule has 0 saturated carbocycles. The first-order valence-electron chi connectivity index (χ1n) is 2.17. The minimum Gasteiger partial charge on any atom is -0.352 e. The van der Waals surface area contributed by atoms with E-state index in [4.69, 9.17) is 0 Å². The summed E-state index contributed by atoms with van der Waals surface area (Å²) < 4.78 is 26.6. The maximum absolute atomic E-state index is 11.2. The summed E-state index contributed by atoms with van der Waals surface area (Å²) >= 11 is 0. The van der Waals surface area contributed by atoms with E-state index in [0.717, 1.165) is 6.08 Å². The van der Waals surface area contributed by atoms with Crippen LogP contribution in [0.25, 0.3) is 0 Å². The van der Waals surface area contributed by atoms with E-state index in [1.165, 1.54) is 0 Å². The molecule has 0 bridgehead atoms. The Morgan fingerprint density at radius 1 is 1.67 bits per heavy atom. The van der Waals surface area contributed by atoms with Crippen LogP contribution in [0.5, 0.6) is 0 Å². The number of nitrogens with zero attached hydrogens (tertiary/aromatic N) is 1. The van der Waals surface area contributed by atoms with Gasteiger partial charge in [0.1, 0.15) is 13.3 Å². The maximum Gasteiger partial charge on any atom is 0.261 e. The molecule has 0 amide bonds. The average molecular weight is 137 g/mol.